The van der Waals surface area contributed by atoms with Crippen molar-refractivity contribution in [3.05, 3.63) is 65.7 Å². The van der Waals surface area contributed by atoms with Crippen molar-refractivity contribution >= 4 is 17.5 Å². The Morgan fingerprint density at radius 2 is 1.83 bits per heavy atom. The highest BCUT2D eigenvalue weighted by Crippen LogP contribution is 2.11. The van der Waals surface area contributed by atoms with Crippen LogP contribution in [0.3, 0.4) is 0 Å². The van der Waals surface area contributed by atoms with Crippen LogP contribution in [0.15, 0.2) is 54.6 Å². The fourth-order valence-electron chi connectivity index (χ4n) is 2.23. The molecular weight excluding hydrogens is 292 g/mol. The lowest BCUT2D eigenvalue weighted by Crippen LogP contribution is -2.41. The van der Waals surface area contributed by atoms with Crippen LogP contribution in [0.2, 0.25) is 0 Å². The number of Topliss-reactive ketones (excluding diaryl/α,β-unsaturated/α-hetero) is 1. The fourth-order valence-corrected chi connectivity index (χ4v) is 2.23. The van der Waals surface area contributed by atoms with Gasteiger partial charge in [0.1, 0.15) is 0 Å². The molecule has 5 nitrogen and oxygen atoms in total. The summed E-state index contributed by atoms with van der Waals surface area (Å²) >= 11 is 0. The molecule has 0 saturated heterocycles. The van der Waals surface area contributed by atoms with Gasteiger partial charge in [0.25, 0.3) is 0 Å². The highest BCUT2D eigenvalue weighted by Gasteiger charge is 2.12. The van der Waals surface area contributed by atoms with Crippen molar-refractivity contribution in [1.82, 2.24) is 5.32 Å². The van der Waals surface area contributed by atoms with Gasteiger partial charge >= 0.3 is 6.03 Å². The highest BCUT2D eigenvalue weighted by molar-refractivity contribution is 5.96. The largest absolute Gasteiger partial charge is 0.394 e. The first-order valence-electron chi connectivity index (χ1n) is 7.42. The molecule has 120 valence electrons. The molecule has 0 spiro atoms. The van der Waals surface area contributed by atoms with Gasteiger partial charge in [0.15, 0.2) is 5.78 Å². The van der Waals surface area contributed by atoms with E-state index in [0.29, 0.717) is 17.7 Å². The first kappa shape index (κ1) is 16.7. The first-order valence-corrected chi connectivity index (χ1v) is 7.42. The molecule has 0 aliphatic heterocycles. The van der Waals surface area contributed by atoms with Crippen LogP contribution >= 0.6 is 0 Å². The van der Waals surface area contributed by atoms with E-state index in [4.69, 9.17) is 0 Å². The summed E-state index contributed by atoms with van der Waals surface area (Å²) in [5.41, 5.74) is 2.10. The number of nitrogens with one attached hydrogen (secondary N) is 2. The third-order valence-corrected chi connectivity index (χ3v) is 3.41. The average Bonchev–Trinajstić information content (AvgIpc) is 2.55. The van der Waals surface area contributed by atoms with E-state index in [1.807, 2.05) is 30.3 Å². The Morgan fingerprint density at radius 3 is 2.48 bits per heavy atom. The maximum absolute atomic E-state index is 12.0. The molecule has 0 unspecified atom stereocenters. The summed E-state index contributed by atoms with van der Waals surface area (Å²) in [5, 5.41) is 14.8. The summed E-state index contributed by atoms with van der Waals surface area (Å²) < 4.78 is 0. The van der Waals surface area contributed by atoms with Crippen molar-refractivity contribution in [3.63, 3.8) is 0 Å². The van der Waals surface area contributed by atoms with Gasteiger partial charge in [-0.15, -0.1) is 0 Å². The van der Waals surface area contributed by atoms with E-state index in [1.54, 1.807) is 24.3 Å². The summed E-state index contributed by atoms with van der Waals surface area (Å²) in [5.74, 6) is -0.0635. The summed E-state index contributed by atoms with van der Waals surface area (Å²) in [7, 11) is 0. The Balaban J connectivity index is 1.95. The molecule has 2 aromatic carbocycles. The molecule has 5 heteroatoms. The molecule has 2 rings (SSSR count). The minimum absolute atomic E-state index is 0.0635. The number of aliphatic hydroxyl groups excluding tert-OH is 1. The number of aliphatic hydroxyl groups is 1. The van der Waals surface area contributed by atoms with Crippen molar-refractivity contribution in [2.24, 2.45) is 0 Å². The molecule has 0 aliphatic rings. The molecule has 3 N–H and O–H groups in total. The molecule has 0 aromatic heterocycles. The third kappa shape index (κ3) is 5.23. The maximum Gasteiger partial charge on any atom is 0.319 e. The molecule has 1 atom stereocenters. The lowest BCUT2D eigenvalue weighted by Gasteiger charge is -2.17. The van der Waals surface area contributed by atoms with E-state index in [-0.39, 0.29) is 18.4 Å². The van der Waals surface area contributed by atoms with E-state index in [1.165, 1.54) is 6.92 Å². The molecule has 0 fully saturated rings. The standard InChI is InChI=1S/C18H20N2O3/c1-13(22)15-8-5-9-16(11-15)19-18(23)20-17(12-21)10-14-6-3-2-4-7-14/h2-9,11,17,21H,10,12H2,1H3,(H2,19,20,23)/t17-/m0/s1. The third-order valence-electron chi connectivity index (χ3n) is 3.41. The van der Waals surface area contributed by atoms with Crippen LogP contribution in [0.25, 0.3) is 0 Å². The summed E-state index contributed by atoms with van der Waals surface area (Å²) in [6, 6.07) is 15.6. The summed E-state index contributed by atoms with van der Waals surface area (Å²) in [6.45, 7) is 1.32. The summed E-state index contributed by atoms with van der Waals surface area (Å²) in [6.07, 6.45) is 0.540. The molecule has 0 radical (unpaired) electrons. The zero-order chi connectivity index (χ0) is 16.7. The van der Waals surface area contributed by atoms with Crippen molar-refractivity contribution in [2.45, 2.75) is 19.4 Å². The van der Waals surface area contributed by atoms with Crippen molar-refractivity contribution < 1.29 is 14.7 Å². The minimum atomic E-state index is -0.416. The molecule has 0 saturated carbocycles. The molecule has 0 aliphatic carbocycles. The van der Waals surface area contributed by atoms with E-state index < -0.39 is 6.03 Å². The van der Waals surface area contributed by atoms with Crippen molar-refractivity contribution in [2.75, 3.05) is 11.9 Å². The highest BCUT2D eigenvalue weighted by atomic mass is 16.3. The molecule has 23 heavy (non-hydrogen) atoms. The quantitative estimate of drug-likeness (QED) is 0.717. The Bertz CT molecular complexity index is 671. The van der Waals surface area contributed by atoms with Gasteiger partial charge in [-0.25, -0.2) is 4.79 Å². The zero-order valence-electron chi connectivity index (χ0n) is 13.0. The molecule has 0 bridgehead atoms. The summed E-state index contributed by atoms with van der Waals surface area (Å²) in [4.78, 5) is 23.4. The van der Waals surface area contributed by atoms with E-state index >= 15 is 0 Å². The number of benzene rings is 2. The maximum atomic E-state index is 12.0. The van der Waals surface area contributed by atoms with Crippen molar-refractivity contribution in [1.29, 1.82) is 0 Å². The van der Waals surface area contributed by atoms with Crippen LogP contribution in [0.1, 0.15) is 22.8 Å². The predicted octanol–water partition coefficient (Wildman–Crippen LogP) is 2.61. The van der Waals surface area contributed by atoms with Gasteiger partial charge in [-0.05, 0) is 31.0 Å². The van der Waals surface area contributed by atoms with Gasteiger partial charge in [-0.3, -0.25) is 4.79 Å². The number of hydrogen-bond donors (Lipinski definition) is 3. The minimum Gasteiger partial charge on any atom is -0.394 e. The number of amides is 2. The smallest absolute Gasteiger partial charge is 0.319 e. The second kappa shape index (κ2) is 8.10. The lowest BCUT2D eigenvalue weighted by molar-refractivity contribution is 0.101. The Morgan fingerprint density at radius 1 is 1.09 bits per heavy atom. The van der Waals surface area contributed by atoms with Crippen LogP contribution < -0.4 is 10.6 Å². The van der Waals surface area contributed by atoms with Crippen LogP contribution in [0.5, 0.6) is 0 Å². The number of urea groups is 1. The second-order valence-corrected chi connectivity index (χ2v) is 5.30. The van der Waals surface area contributed by atoms with Gasteiger partial charge in [-0.2, -0.15) is 0 Å². The lowest BCUT2D eigenvalue weighted by atomic mass is 10.1. The van der Waals surface area contributed by atoms with E-state index in [2.05, 4.69) is 10.6 Å². The topological polar surface area (TPSA) is 78.4 Å². The Kier molecular flexibility index (Phi) is 5.88. The number of anilines is 1. The van der Waals surface area contributed by atoms with Crippen molar-refractivity contribution in [3.8, 4) is 0 Å². The molecular formula is C18H20N2O3. The molecule has 2 aromatic rings. The van der Waals surface area contributed by atoms with Gasteiger partial charge in [0.05, 0.1) is 12.6 Å². The number of rotatable bonds is 6. The van der Waals surface area contributed by atoms with Crippen LogP contribution in [0.4, 0.5) is 10.5 Å². The second-order valence-electron chi connectivity index (χ2n) is 5.30. The number of ketones is 1. The molecule has 0 heterocycles. The Labute approximate surface area is 135 Å². The Hall–Kier alpha value is -2.66. The SMILES string of the molecule is CC(=O)c1cccc(NC(=O)N[C@H](CO)Cc2ccccc2)c1. The number of hydrogen-bond acceptors (Lipinski definition) is 3. The van der Waals surface area contributed by atoms with Crippen LogP contribution in [0, 0.1) is 0 Å². The van der Waals surface area contributed by atoms with Crippen LogP contribution in [-0.4, -0.2) is 29.6 Å². The van der Waals surface area contributed by atoms with E-state index in [9.17, 15) is 14.7 Å². The monoisotopic (exact) mass is 312 g/mol. The fraction of sp³-hybridized carbons (Fsp3) is 0.222. The number of carbonyl (C=O) groups is 2. The zero-order valence-corrected chi connectivity index (χ0v) is 13.0. The van der Waals surface area contributed by atoms with Gasteiger partial charge < -0.3 is 15.7 Å². The van der Waals surface area contributed by atoms with E-state index in [0.717, 1.165) is 5.56 Å². The van der Waals surface area contributed by atoms with Gasteiger partial charge in [-0.1, -0.05) is 42.5 Å². The molecule has 2 amide bonds. The van der Waals surface area contributed by atoms with Gasteiger partial charge in [0.2, 0.25) is 0 Å². The first-order chi connectivity index (χ1) is 11.1. The predicted molar refractivity (Wildman–Crippen MR) is 89.6 cm³/mol. The number of carbonyl (C=O) groups excluding carboxylic acids is 2. The van der Waals surface area contributed by atoms with Crippen LogP contribution in [-0.2, 0) is 6.42 Å². The normalized spacial score (nSPS) is 11.6. The van der Waals surface area contributed by atoms with Gasteiger partial charge in [0, 0.05) is 11.3 Å². The average molecular weight is 312 g/mol.